The molecule has 0 bridgehead atoms. The zero-order chi connectivity index (χ0) is 37.4. The molecule has 280 valence electrons. The molecular formula is C43H56N8O2. The Kier molecular flexibility index (Phi) is 8.92. The van der Waals surface area contributed by atoms with Gasteiger partial charge in [0.05, 0.1) is 23.0 Å². The van der Waals surface area contributed by atoms with E-state index in [2.05, 4.69) is 109 Å². The number of hydrogen-bond acceptors (Lipinski definition) is 7. The third kappa shape index (κ3) is 6.11. The van der Waals surface area contributed by atoms with Crippen LogP contribution in [0.15, 0.2) is 48.8 Å². The summed E-state index contributed by atoms with van der Waals surface area (Å²) < 4.78 is 2.18. The van der Waals surface area contributed by atoms with Gasteiger partial charge in [-0.1, -0.05) is 32.0 Å². The first-order chi connectivity index (χ1) is 25.3. The van der Waals surface area contributed by atoms with Crippen molar-refractivity contribution in [2.75, 3.05) is 43.4 Å². The number of anilines is 3. The van der Waals surface area contributed by atoms with Crippen molar-refractivity contribution < 1.29 is 9.59 Å². The molecule has 1 atom stereocenters. The van der Waals surface area contributed by atoms with Crippen LogP contribution >= 0.6 is 0 Å². The van der Waals surface area contributed by atoms with E-state index in [1.807, 2.05) is 18.3 Å². The molecule has 5 heterocycles. The number of nitrogens with one attached hydrogen (secondary N) is 2. The molecule has 8 rings (SSSR count). The number of nitrogens with zero attached hydrogens (tertiary/aromatic N) is 6. The van der Waals surface area contributed by atoms with Crippen LogP contribution in [-0.2, 0) is 15.0 Å². The van der Waals surface area contributed by atoms with Gasteiger partial charge >= 0.3 is 0 Å². The molecule has 1 aliphatic carbocycles. The molecule has 4 aliphatic rings. The second-order valence-corrected chi connectivity index (χ2v) is 17.3. The van der Waals surface area contributed by atoms with Crippen LogP contribution in [0.4, 0.5) is 17.2 Å². The summed E-state index contributed by atoms with van der Waals surface area (Å²) in [6.07, 6.45) is 6.43. The van der Waals surface area contributed by atoms with Crippen molar-refractivity contribution in [3.05, 3.63) is 65.5 Å². The topological polar surface area (TPSA) is 98.6 Å². The van der Waals surface area contributed by atoms with Crippen LogP contribution in [0.1, 0.15) is 102 Å². The van der Waals surface area contributed by atoms with E-state index in [4.69, 9.17) is 9.97 Å². The molecule has 4 aromatic rings. The first-order valence-electron chi connectivity index (χ1n) is 19.7. The highest BCUT2D eigenvalue weighted by molar-refractivity contribution is 6.09. The van der Waals surface area contributed by atoms with E-state index >= 15 is 0 Å². The van der Waals surface area contributed by atoms with Gasteiger partial charge in [-0.2, -0.15) is 0 Å². The SMILES string of the molecule is CNC(C)c1cc(Nc2nc(-c3ccc4c(c3)N([C@H]3C[C@@H](N5CCC(C)(C)C5)C3)C(=O)C43CCN(C(C)=O)CC3)cc3ncn(C(C)C)c23)ccc1C. The summed E-state index contributed by atoms with van der Waals surface area (Å²) in [5.41, 5.74) is 8.94. The fraction of sp³-hybridized carbons (Fsp3) is 0.535. The van der Waals surface area contributed by atoms with Gasteiger partial charge in [-0.15, -0.1) is 0 Å². The highest BCUT2D eigenvalue weighted by atomic mass is 16.2. The van der Waals surface area contributed by atoms with E-state index in [0.29, 0.717) is 37.4 Å². The molecule has 2 N–H and O–H groups in total. The Balaban J connectivity index is 1.18. The van der Waals surface area contributed by atoms with E-state index < -0.39 is 5.41 Å². The van der Waals surface area contributed by atoms with Gasteiger partial charge in [-0.25, -0.2) is 9.97 Å². The largest absolute Gasteiger partial charge is 0.343 e. The molecule has 2 aromatic heterocycles. The van der Waals surface area contributed by atoms with Crippen LogP contribution in [-0.4, -0.2) is 81.5 Å². The Morgan fingerprint density at radius 3 is 2.38 bits per heavy atom. The summed E-state index contributed by atoms with van der Waals surface area (Å²) in [6.45, 7) is 18.5. The second-order valence-electron chi connectivity index (χ2n) is 17.3. The lowest BCUT2D eigenvalue weighted by Crippen LogP contribution is -2.57. The molecule has 1 spiro atoms. The third-order valence-electron chi connectivity index (χ3n) is 13.0. The number of piperidine rings is 1. The third-order valence-corrected chi connectivity index (χ3v) is 13.0. The molecule has 2 amide bonds. The molecule has 2 saturated heterocycles. The van der Waals surface area contributed by atoms with E-state index in [-0.39, 0.29) is 29.9 Å². The Bertz CT molecular complexity index is 2070. The van der Waals surface area contributed by atoms with Gasteiger partial charge in [-0.05, 0) is 120 Å². The van der Waals surface area contributed by atoms with Gasteiger partial charge in [0.25, 0.3) is 0 Å². The summed E-state index contributed by atoms with van der Waals surface area (Å²) in [5.74, 6) is 1.05. The Hall–Kier alpha value is -4.28. The van der Waals surface area contributed by atoms with Crippen LogP contribution < -0.4 is 15.5 Å². The van der Waals surface area contributed by atoms with Crippen molar-refractivity contribution in [2.24, 2.45) is 5.41 Å². The number of likely N-dealkylation sites (tertiary alicyclic amines) is 2. The number of aromatic nitrogens is 3. The lowest BCUT2D eigenvalue weighted by molar-refractivity contribution is -0.134. The van der Waals surface area contributed by atoms with E-state index in [0.717, 1.165) is 71.0 Å². The van der Waals surface area contributed by atoms with E-state index in [1.54, 1.807) is 6.92 Å². The standard InChI is InChI=1S/C43H56N8O2/c1-26(2)50-25-45-37-23-36(47-40(39(37)50)46-31-11-9-27(3)34(20-31)28(4)44-8)30-10-12-35-38(19-30)51(33-21-32(22-33)49-16-13-42(6,7)24-49)41(53)43(35)14-17-48(18-15-43)29(5)52/h9-12,19-20,23,25-26,28,32-33,44H,13-18,21-22,24H2,1-8H3,(H,46,47)/t28?,32-,33+. The monoisotopic (exact) mass is 716 g/mol. The number of carbonyl (C=O) groups excluding carboxylic acids is 2. The fourth-order valence-electron chi connectivity index (χ4n) is 9.50. The molecule has 10 nitrogen and oxygen atoms in total. The quantitative estimate of drug-likeness (QED) is 0.195. The maximum absolute atomic E-state index is 14.8. The molecule has 3 fully saturated rings. The maximum atomic E-state index is 14.8. The van der Waals surface area contributed by atoms with Gasteiger partial charge in [-0.3, -0.25) is 14.5 Å². The van der Waals surface area contributed by atoms with Crippen molar-refractivity contribution in [3.63, 3.8) is 0 Å². The Morgan fingerprint density at radius 2 is 1.72 bits per heavy atom. The van der Waals surface area contributed by atoms with Crippen LogP contribution in [0.25, 0.3) is 22.3 Å². The molecular weight excluding hydrogens is 661 g/mol. The lowest BCUT2D eigenvalue weighted by Gasteiger charge is -2.46. The van der Waals surface area contributed by atoms with Crippen molar-refractivity contribution in [1.29, 1.82) is 0 Å². The summed E-state index contributed by atoms with van der Waals surface area (Å²) in [6, 6.07) is 16.2. The maximum Gasteiger partial charge on any atom is 0.238 e. The van der Waals surface area contributed by atoms with Gasteiger partial charge in [0, 0.05) is 67.7 Å². The number of benzene rings is 2. The van der Waals surface area contributed by atoms with Gasteiger partial charge in [0.15, 0.2) is 5.82 Å². The highest BCUT2D eigenvalue weighted by Crippen LogP contribution is 2.52. The number of pyridine rings is 1. The van der Waals surface area contributed by atoms with Crippen molar-refractivity contribution in [2.45, 2.75) is 110 Å². The Morgan fingerprint density at radius 1 is 0.962 bits per heavy atom. The minimum Gasteiger partial charge on any atom is -0.343 e. The van der Waals surface area contributed by atoms with Crippen LogP contribution in [0.2, 0.25) is 0 Å². The molecule has 53 heavy (non-hydrogen) atoms. The summed E-state index contributed by atoms with van der Waals surface area (Å²) in [7, 11) is 1.99. The van der Waals surface area contributed by atoms with Crippen molar-refractivity contribution >= 4 is 40.0 Å². The lowest BCUT2D eigenvalue weighted by atomic mass is 9.73. The van der Waals surface area contributed by atoms with E-state index in [1.165, 1.54) is 17.5 Å². The average Bonchev–Trinajstić information content (AvgIpc) is 3.77. The molecule has 1 unspecified atom stereocenters. The number of imidazole rings is 1. The molecule has 2 aromatic carbocycles. The zero-order valence-corrected chi connectivity index (χ0v) is 32.8. The zero-order valence-electron chi connectivity index (χ0n) is 32.8. The van der Waals surface area contributed by atoms with Crippen molar-refractivity contribution in [1.82, 2.24) is 29.7 Å². The molecule has 1 saturated carbocycles. The van der Waals surface area contributed by atoms with Crippen molar-refractivity contribution in [3.8, 4) is 11.3 Å². The minimum absolute atomic E-state index is 0.0808. The summed E-state index contributed by atoms with van der Waals surface area (Å²) in [4.78, 5) is 44.0. The predicted molar refractivity (Wildman–Crippen MR) is 213 cm³/mol. The summed E-state index contributed by atoms with van der Waals surface area (Å²) in [5, 5.41) is 7.07. The summed E-state index contributed by atoms with van der Waals surface area (Å²) >= 11 is 0. The first kappa shape index (κ1) is 35.7. The van der Waals surface area contributed by atoms with Gasteiger partial charge in [0.1, 0.15) is 5.52 Å². The fourth-order valence-corrected chi connectivity index (χ4v) is 9.50. The minimum atomic E-state index is -0.603. The molecule has 3 aliphatic heterocycles. The van der Waals surface area contributed by atoms with Gasteiger partial charge in [0.2, 0.25) is 11.8 Å². The predicted octanol–water partition coefficient (Wildman–Crippen LogP) is 7.50. The highest BCUT2D eigenvalue weighted by Gasteiger charge is 2.56. The van der Waals surface area contributed by atoms with Crippen LogP contribution in [0, 0.1) is 12.3 Å². The average molecular weight is 717 g/mol. The smallest absolute Gasteiger partial charge is 0.238 e. The normalized spacial score (nSPS) is 22.8. The number of aryl methyl sites for hydroxylation is 1. The van der Waals surface area contributed by atoms with Crippen LogP contribution in [0.3, 0.4) is 0 Å². The number of carbonyl (C=O) groups is 2. The second kappa shape index (κ2) is 13.2. The van der Waals surface area contributed by atoms with Crippen LogP contribution in [0.5, 0.6) is 0 Å². The van der Waals surface area contributed by atoms with E-state index in [9.17, 15) is 9.59 Å². The number of amides is 2. The molecule has 10 heteroatoms. The Labute approximate surface area is 314 Å². The number of rotatable bonds is 8. The number of hydrogen-bond donors (Lipinski definition) is 2. The number of fused-ring (bicyclic) bond motifs is 3. The molecule has 0 radical (unpaired) electrons. The first-order valence-corrected chi connectivity index (χ1v) is 19.7. The van der Waals surface area contributed by atoms with Gasteiger partial charge < -0.3 is 25.0 Å².